The number of hydrogen-bond donors (Lipinski definition) is 1. The summed E-state index contributed by atoms with van der Waals surface area (Å²) in [7, 11) is 3.83. The number of aromatic nitrogens is 2. The molecule has 0 saturated carbocycles. The fraction of sp³-hybridized carbons (Fsp3) is 0.500. The predicted molar refractivity (Wildman–Crippen MR) is 76.5 cm³/mol. The summed E-state index contributed by atoms with van der Waals surface area (Å²) in [5.41, 5.74) is 8.13. The molecule has 1 aliphatic heterocycles. The van der Waals surface area contributed by atoms with Crippen molar-refractivity contribution in [1.29, 1.82) is 0 Å². The zero-order valence-corrected chi connectivity index (χ0v) is 11.5. The molecule has 0 amide bonds. The number of likely N-dealkylation sites (tertiary alicyclic amines) is 1. The predicted octanol–water partition coefficient (Wildman–Crippen LogP) is 1.89. The Morgan fingerprint density at radius 3 is 2.74 bits per heavy atom. The molecule has 2 aromatic rings. The van der Waals surface area contributed by atoms with Crippen molar-refractivity contribution < 1.29 is 4.74 Å². The summed E-state index contributed by atoms with van der Waals surface area (Å²) >= 11 is 0. The third kappa shape index (κ3) is 2.14. The summed E-state index contributed by atoms with van der Waals surface area (Å²) in [6.07, 6.45) is 2.25. The Morgan fingerprint density at radius 2 is 2.05 bits per heavy atom. The number of benzene rings is 1. The van der Waals surface area contributed by atoms with Crippen LogP contribution in [0.3, 0.4) is 0 Å². The fourth-order valence-electron chi connectivity index (χ4n) is 2.86. The molecule has 0 unspecified atom stereocenters. The topological polar surface area (TPSA) is 56.3 Å². The second-order valence-electron chi connectivity index (χ2n) is 5.23. The van der Waals surface area contributed by atoms with Gasteiger partial charge in [0, 0.05) is 12.1 Å². The summed E-state index contributed by atoms with van der Waals surface area (Å²) in [5, 5.41) is 0. The van der Waals surface area contributed by atoms with Crippen molar-refractivity contribution in [3.8, 4) is 5.75 Å². The van der Waals surface area contributed by atoms with Gasteiger partial charge in [0.15, 0.2) is 0 Å². The highest BCUT2D eigenvalue weighted by Crippen LogP contribution is 2.30. The maximum atomic E-state index is 6.11. The van der Waals surface area contributed by atoms with E-state index in [1.807, 2.05) is 12.1 Å². The molecule has 19 heavy (non-hydrogen) atoms. The summed E-state index contributed by atoms with van der Waals surface area (Å²) in [6, 6.07) is 6.41. The van der Waals surface area contributed by atoms with Crippen molar-refractivity contribution in [2.45, 2.75) is 18.9 Å². The first kappa shape index (κ1) is 12.3. The van der Waals surface area contributed by atoms with E-state index in [9.17, 15) is 0 Å². The number of piperidine rings is 1. The molecule has 5 nitrogen and oxygen atoms in total. The maximum Gasteiger partial charge on any atom is 0.201 e. The number of rotatable bonds is 2. The van der Waals surface area contributed by atoms with Crippen LogP contribution in [0.15, 0.2) is 18.2 Å². The van der Waals surface area contributed by atoms with Crippen molar-refractivity contribution in [2.75, 3.05) is 33.0 Å². The molecule has 1 saturated heterocycles. The number of anilines is 1. The molecule has 2 heterocycles. The molecule has 102 valence electrons. The van der Waals surface area contributed by atoms with Crippen molar-refractivity contribution in [1.82, 2.24) is 14.5 Å². The number of nitrogens with zero attached hydrogens (tertiary/aromatic N) is 3. The van der Waals surface area contributed by atoms with Crippen LogP contribution in [0.2, 0.25) is 0 Å². The van der Waals surface area contributed by atoms with Gasteiger partial charge in [0.05, 0.1) is 18.1 Å². The van der Waals surface area contributed by atoms with Gasteiger partial charge < -0.3 is 19.9 Å². The molecule has 0 spiro atoms. The molecule has 0 atom stereocenters. The molecule has 1 aromatic carbocycles. The van der Waals surface area contributed by atoms with Crippen molar-refractivity contribution in [3.63, 3.8) is 0 Å². The Labute approximate surface area is 113 Å². The molecule has 1 fully saturated rings. The maximum absolute atomic E-state index is 6.11. The third-order valence-corrected chi connectivity index (χ3v) is 3.98. The molecule has 3 rings (SSSR count). The van der Waals surface area contributed by atoms with Crippen LogP contribution in [0.5, 0.6) is 5.75 Å². The molecule has 1 aliphatic rings. The lowest BCUT2D eigenvalue weighted by molar-refractivity contribution is 0.225. The lowest BCUT2D eigenvalue weighted by Gasteiger charge is -2.30. The first-order valence-electron chi connectivity index (χ1n) is 6.69. The van der Waals surface area contributed by atoms with Gasteiger partial charge in [0.2, 0.25) is 5.95 Å². The van der Waals surface area contributed by atoms with Gasteiger partial charge in [-0.1, -0.05) is 0 Å². The molecule has 2 N–H and O–H groups in total. The SMILES string of the molecule is COc1ccc2c(c1)nc(N)n2C1CCN(C)CC1. The molecule has 5 heteroatoms. The number of fused-ring (bicyclic) bond motifs is 1. The smallest absolute Gasteiger partial charge is 0.201 e. The third-order valence-electron chi connectivity index (χ3n) is 3.98. The van der Waals surface area contributed by atoms with Gasteiger partial charge in [0.1, 0.15) is 5.75 Å². The van der Waals surface area contributed by atoms with E-state index in [1.54, 1.807) is 7.11 Å². The zero-order chi connectivity index (χ0) is 13.4. The summed E-state index contributed by atoms with van der Waals surface area (Å²) in [5.74, 6) is 1.43. The average Bonchev–Trinajstić information content (AvgIpc) is 2.74. The molecular formula is C14H20N4O. The molecule has 0 radical (unpaired) electrons. The Balaban J connectivity index is 2.01. The van der Waals surface area contributed by atoms with Crippen LogP contribution in [0, 0.1) is 0 Å². The van der Waals surface area contributed by atoms with E-state index in [0.29, 0.717) is 12.0 Å². The van der Waals surface area contributed by atoms with Crippen LogP contribution in [0.1, 0.15) is 18.9 Å². The monoisotopic (exact) mass is 260 g/mol. The van der Waals surface area contributed by atoms with Crippen LogP contribution in [-0.2, 0) is 0 Å². The first-order chi connectivity index (χ1) is 9.19. The Kier molecular flexibility index (Phi) is 3.06. The van der Waals surface area contributed by atoms with Gasteiger partial charge >= 0.3 is 0 Å². The largest absolute Gasteiger partial charge is 0.497 e. The first-order valence-corrected chi connectivity index (χ1v) is 6.69. The number of nitrogens with two attached hydrogens (primary N) is 1. The molecule has 0 aliphatic carbocycles. The van der Waals surface area contributed by atoms with Gasteiger partial charge in [-0.25, -0.2) is 4.98 Å². The Hall–Kier alpha value is -1.75. The minimum absolute atomic E-state index is 0.453. The Bertz CT molecular complexity index is 584. The van der Waals surface area contributed by atoms with E-state index >= 15 is 0 Å². The van der Waals surface area contributed by atoms with Crippen LogP contribution in [-0.4, -0.2) is 41.7 Å². The second kappa shape index (κ2) is 4.74. The Morgan fingerprint density at radius 1 is 1.32 bits per heavy atom. The lowest BCUT2D eigenvalue weighted by atomic mass is 10.1. The van der Waals surface area contributed by atoms with Gasteiger partial charge in [-0.2, -0.15) is 0 Å². The summed E-state index contributed by atoms with van der Waals surface area (Å²) in [4.78, 5) is 6.82. The van der Waals surface area contributed by atoms with Crippen LogP contribution < -0.4 is 10.5 Å². The number of nitrogen functional groups attached to an aromatic ring is 1. The van der Waals surface area contributed by atoms with Gasteiger partial charge in [-0.3, -0.25) is 0 Å². The average molecular weight is 260 g/mol. The standard InChI is InChI=1S/C14H20N4O/c1-17-7-5-10(6-8-17)18-13-4-3-11(19-2)9-12(13)16-14(18)15/h3-4,9-10H,5-8H2,1-2H3,(H2,15,16). The van der Waals surface area contributed by atoms with Gasteiger partial charge in [0.25, 0.3) is 0 Å². The van der Waals surface area contributed by atoms with Crippen LogP contribution in [0.25, 0.3) is 11.0 Å². The van der Waals surface area contributed by atoms with E-state index in [2.05, 4.69) is 27.6 Å². The number of imidazole rings is 1. The van der Waals surface area contributed by atoms with Crippen molar-refractivity contribution >= 4 is 17.0 Å². The minimum atomic E-state index is 0.453. The van der Waals surface area contributed by atoms with E-state index in [4.69, 9.17) is 10.5 Å². The quantitative estimate of drug-likeness (QED) is 0.896. The van der Waals surface area contributed by atoms with Gasteiger partial charge in [-0.05, 0) is 45.1 Å². The second-order valence-corrected chi connectivity index (χ2v) is 5.23. The van der Waals surface area contributed by atoms with Crippen molar-refractivity contribution in [3.05, 3.63) is 18.2 Å². The molecular weight excluding hydrogens is 240 g/mol. The highest BCUT2D eigenvalue weighted by molar-refractivity contribution is 5.80. The fourth-order valence-corrected chi connectivity index (χ4v) is 2.86. The van der Waals surface area contributed by atoms with Crippen LogP contribution >= 0.6 is 0 Å². The number of hydrogen-bond acceptors (Lipinski definition) is 4. The molecule has 1 aromatic heterocycles. The number of methoxy groups -OCH3 is 1. The zero-order valence-electron chi connectivity index (χ0n) is 11.5. The highest BCUT2D eigenvalue weighted by atomic mass is 16.5. The van der Waals surface area contributed by atoms with E-state index in [1.165, 1.54) is 0 Å². The normalized spacial score (nSPS) is 18.0. The summed E-state index contributed by atoms with van der Waals surface area (Å²) < 4.78 is 7.42. The van der Waals surface area contributed by atoms with E-state index < -0.39 is 0 Å². The minimum Gasteiger partial charge on any atom is -0.497 e. The van der Waals surface area contributed by atoms with E-state index in [0.717, 1.165) is 42.7 Å². The summed E-state index contributed by atoms with van der Waals surface area (Å²) in [6.45, 7) is 2.22. The highest BCUT2D eigenvalue weighted by Gasteiger charge is 2.22. The van der Waals surface area contributed by atoms with E-state index in [-0.39, 0.29) is 0 Å². The van der Waals surface area contributed by atoms with Crippen LogP contribution in [0.4, 0.5) is 5.95 Å². The van der Waals surface area contributed by atoms with Crippen molar-refractivity contribution in [2.24, 2.45) is 0 Å². The lowest BCUT2D eigenvalue weighted by Crippen LogP contribution is -2.31. The molecule has 0 bridgehead atoms. The van der Waals surface area contributed by atoms with Gasteiger partial charge in [-0.15, -0.1) is 0 Å². The number of ether oxygens (including phenoxy) is 1.